The molecule has 26 heavy (non-hydrogen) atoms. The Kier molecular flexibility index (Phi) is 7.94. The summed E-state index contributed by atoms with van der Waals surface area (Å²) in [6, 6.07) is 0. The van der Waals surface area contributed by atoms with Crippen LogP contribution in [0.1, 0.15) is 57.0 Å². The zero-order valence-corrected chi connectivity index (χ0v) is 16.8. The molecular formula is C19H34N6O. The molecular weight excluding hydrogens is 328 g/mol. The Morgan fingerprint density at radius 1 is 1.23 bits per heavy atom. The molecule has 0 bridgehead atoms. The maximum Gasteiger partial charge on any atom is 0.222 e. The van der Waals surface area contributed by atoms with Crippen LogP contribution in [-0.2, 0) is 31.2 Å². The molecule has 0 spiro atoms. The number of hydrogen-bond donors (Lipinski definition) is 2. The van der Waals surface area contributed by atoms with E-state index in [0.29, 0.717) is 18.9 Å². The quantitative estimate of drug-likeness (QED) is 0.398. The van der Waals surface area contributed by atoms with Gasteiger partial charge in [0.15, 0.2) is 5.96 Å². The minimum absolute atomic E-state index is 0.293. The van der Waals surface area contributed by atoms with Crippen LogP contribution in [0.25, 0.3) is 0 Å². The van der Waals surface area contributed by atoms with Crippen molar-refractivity contribution in [3.05, 3.63) is 17.0 Å². The molecule has 1 saturated heterocycles. The monoisotopic (exact) mass is 362 g/mol. The Balaban J connectivity index is 1.91. The summed E-state index contributed by atoms with van der Waals surface area (Å²) in [5, 5.41) is 11.3. The third kappa shape index (κ3) is 5.22. The highest BCUT2D eigenvalue weighted by Gasteiger charge is 2.19. The summed E-state index contributed by atoms with van der Waals surface area (Å²) in [5.41, 5.74) is 3.64. The van der Waals surface area contributed by atoms with Crippen molar-refractivity contribution in [3.8, 4) is 0 Å². The van der Waals surface area contributed by atoms with Crippen molar-refractivity contribution in [1.82, 2.24) is 25.3 Å². The van der Waals surface area contributed by atoms with Gasteiger partial charge in [0.1, 0.15) is 0 Å². The number of aliphatic imine (C=N–C) groups is 1. The van der Waals surface area contributed by atoms with Gasteiger partial charge in [0.2, 0.25) is 5.91 Å². The zero-order valence-electron chi connectivity index (χ0n) is 16.8. The molecule has 0 aliphatic carbocycles. The van der Waals surface area contributed by atoms with E-state index < -0.39 is 0 Å². The van der Waals surface area contributed by atoms with E-state index in [1.165, 1.54) is 11.3 Å². The molecule has 0 radical (unpaired) electrons. The first kappa shape index (κ1) is 20.3. The SMILES string of the molecule is CCNC(=NCc1c(CC)nn(C)c1CC)NCCCN1CCCC1=O. The summed E-state index contributed by atoms with van der Waals surface area (Å²) in [6.45, 7) is 10.4. The van der Waals surface area contributed by atoms with Gasteiger partial charge < -0.3 is 15.5 Å². The number of aryl methyl sites for hydroxylation is 2. The van der Waals surface area contributed by atoms with E-state index in [9.17, 15) is 4.79 Å². The molecule has 0 saturated carbocycles. The highest BCUT2D eigenvalue weighted by Crippen LogP contribution is 2.16. The van der Waals surface area contributed by atoms with Crippen molar-refractivity contribution < 1.29 is 4.79 Å². The second-order valence-corrected chi connectivity index (χ2v) is 6.66. The van der Waals surface area contributed by atoms with E-state index >= 15 is 0 Å². The van der Waals surface area contributed by atoms with Crippen LogP contribution >= 0.6 is 0 Å². The molecule has 1 fully saturated rings. The first-order valence-electron chi connectivity index (χ1n) is 9.94. The molecule has 2 rings (SSSR count). The van der Waals surface area contributed by atoms with E-state index in [4.69, 9.17) is 4.99 Å². The van der Waals surface area contributed by atoms with Crippen molar-refractivity contribution >= 4 is 11.9 Å². The predicted molar refractivity (Wildman–Crippen MR) is 105 cm³/mol. The maximum absolute atomic E-state index is 11.6. The third-order valence-corrected chi connectivity index (χ3v) is 4.84. The Morgan fingerprint density at radius 2 is 2.04 bits per heavy atom. The van der Waals surface area contributed by atoms with E-state index in [2.05, 4.69) is 36.5 Å². The minimum atomic E-state index is 0.293. The summed E-state index contributed by atoms with van der Waals surface area (Å²) < 4.78 is 1.98. The van der Waals surface area contributed by atoms with Crippen molar-refractivity contribution in [1.29, 1.82) is 0 Å². The van der Waals surface area contributed by atoms with E-state index in [1.54, 1.807) is 0 Å². The molecule has 7 nitrogen and oxygen atoms in total. The van der Waals surface area contributed by atoms with Crippen molar-refractivity contribution in [2.24, 2.45) is 12.0 Å². The molecule has 0 unspecified atom stereocenters. The number of amides is 1. The van der Waals surface area contributed by atoms with Gasteiger partial charge >= 0.3 is 0 Å². The number of hydrogen-bond acceptors (Lipinski definition) is 3. The lowest BCUT2D eigenvalue weighted by Crippen LogP contribution is -2.39. The second kappa shape index (κ2) is 10.2. The molecule has 2 heterocycles. The molecule has 1 aromatic heterocycles. The molecule has 0 aromatic carbocycles. The first-order valence-corrected chi connectivity index (χ1v) is 9.94. The van der Waals surface area contributed by atoms with Gasteiger partial charge in [0.05, 0.1) is 12.2 Å². The number of aromatic nitrogens is 2. The number of carbonyl (C=O) groups is 1. The van der Waals surface area contributed by atoms with Gasteiger partial charge in [-0.15, -0.1) is 0 Å². The van der Waals surface area contributed by atoms with Gasteiger partial charge in [-0.05, 0) is 32.6 Å². The number of nitrogens with zero attached hydrogens (tertiary/aromatic N) is 4. The fourth-order valence-corrected chi connectivity index (χ4v) is 3.49. The number of carbonyl (C=O) groups excluding carboxylic acids is 1. The molecule has 1 aliphatic heterocycles. The largest absolute Gasteiger partial charge is 0.357 e. The highest BCUT2D eigenvalue weighted by atomic mass is 16.2. The number of rotatable bonds is 9. The molecule has 0 atom stereocenters. The number of likely N-dealkylation sites (tertiary alicyclic amines) is 1. The topological polar surface area (TPSA) is 74.6 Å². The maximum atomic E-state index is 11.6. The molecule has 1 aromatic rings. The average molecular weight is 363 g/mol. The van der Waals surface area contributed by atoms with Crippen LogP contribution in [0.2, 0.25) is 0 Å². The Labute approximate surface area is 157 Å². The van der Waals surface area contributed by atoms with Crippen LogP contribution in [0.15, 0.2) is 4.99 Å². The Morgan fingerprint density at radius 3 is 2.65 bits per heavy atom. The molecule has 1 aliphatic rings. The molecule has 7 heteroatoms. The van der Waals surface area contributed by atoms with Gasteiger partial charge in [-0.2, -0.15) is 5.10 Å². The summed E-state index contributed by atoms with van der Waals surface area (Å²) in [7, 11) is 2.01. The lowest BCUT2D eigenvalue weighted by atomic mass is 10.1. The summed E-state index contributed by atoms with van der Waals surface area (Å²) in [6.07, 6.45) is 4.53. The molecule has 2 N–H and O–H groups in total. The number of guanidine groups is 1. The predicted octanol–water partition coefficient (Wildman–Crippen LogP) is 1.61. The van der Waals surface area contributed by atoms with Crippen LogP contribution in [-0.4, -0.2) is 52.7 Å². The fourth-order valence-electron chi connectivity index (χ4n) is 3.49. The average Bonchev–Trinajstić information content (AvgIpc) is 3.18. The van der Waals surface area contributed by atoms with E-state index in [0.717, 1.165) is 63.5 Å². The Bertz CT molecular complexity index is 622. The van der Waals surface area contributed by atoms with Crippen LogP contribution in [0.5, 0.6) is 0 Å². The van der Waals surface area contributed by atoms with Gasteiger partial charge in [0, 0.05) is 50.9 Å². The van der Waals surface area contributed by atoms with E-state index in [-0.39, 0.29) is 0 Å². The third-order valence-electron chi connectivity index (χ3n) is 4.84. The first-order chi connectivity index (χ1) is 12.6. The van der Waals surface area contributed by atoms with Crippen molar-refractivity contribution in [2.75, 3.05) is 26.2 Å². The molecule has 146 valence electrons. The number of nitrogens with one attached hydrogen (secondary N) is 2. The second-order valence-electron chi connectivity index (χ2n) is 6.66. The smallest absolute Gasteiger partial charge is 0.222 e. The minimum Gasteiger partial charge on any atom is -0.357 e. The van der Waals surface area contributed by atoms with Crippen LogP contribution in [0, 0.1) is 0 Å². The summed E-state index contributed by atoms with van der Waals surface area (Å²) in [4.78, 5) is 18.4. The van der Waals surface area contributed by atoms with Crippen LogP contribution < -0.4 is 10.6 Å². The normalized spacial score (nSPS) is 15.0. The van der Waals surface area contributed by atoms with Crippen LogP contribution in [0.4, 0.5) is 0 Å². The highest BCUT2D eigenvalue weighted by molar-refractivity contribution is 5.80. The standard InChI is InChI=1S/C19H34N6O/c1-5-16-15(17(6-2)24(4)23-16)14-22-19(20-7-3)21-11-9-13-25-12-8-10-18(25)26/h5-14H2,1-4H3,(H2,20,21,22). The summed E-state index contributed by atoms with van der Waals surface area (Å²) >= 11 is 0. The van der Waals surface area contributed by atoms with E-state index in [1.807, 2.05) is 16.6 Å². The van der Waals surface area contributed by atoms with Gasteiger partial charge in [0.25, 0.3) is 0 Å². The zero-order chi connectivity index (χ0) is 18.9. The van der Waals surface area contributed by atoms with Gasteiger partial charge in [-0.1, -0.05) is 13.8 Å². The van der Waals surface area contributed by atoms with Gasteiger partial charge in [-0.25, -0.2) is 4.99 Å². The Hall–Kier alpha value is -2.05. The lowest BCUT2D eigenvalue weighted by molar-refractivity contribution is -0.127. The van der Waals surface area contributed by atoms with Crippen molar-refractivity contribution in [2.45, 2.75) is 59.4 Å². The van der Waals surface area contributed by atoms with Crippen molar-refractivity contribution in [3.63, 3.8) is 0 Å². The lowest BCUT2D eigenvalue weighted by Gasteiger charge is -2.16. The summed E-state index contributed by atoms with van der Waals surface area (Å²) in [5.74, 6) is 1.12. The molecule has 1 amide bonds. The fraction of sp³-hybridized carbons (Fsp3) is 0.737. The van der Waals surface area contributed by atoms with Gasteiger partial charge in [-0.3, -0.25) is 9.48 Å². The van der Waals surface area contributed by atoms with Crippen LogP contribution in [0.3, 0.4) is 0 Å².